The minimum absolute atomic E-state index is 0. The van der Waals surface area contributed by atoms with Gasteiger partial charge in [-0.15, -0.1) is 12.4 Å². The fourth-order valence-corrected chi connectivity index (χ4v) is 4.07. The second-order valence-electron chi connectivity index (χ2n) is 5.25. The molecule has 1 aromatic carbocycles. The summed E-state index contributed by atoms with van der Waals surface area (Å²) >= 11 is 0. The van der Waals surface area contributed by atoms with Crippen molar-refractivity contribution < 1.29 is 18.1 Å². The molecule has 0 aliphatic heterocycles. The molecule has 1 fully saturated rings. The third-order valence-corrected chi connectivity index (χ3v) is 5.41. The Morgan fingerprint density at radius 3 is 2.70 bits per heavy atom. The molecule has 1 aliphatic rings. The maximum absolute atomic E-state index is 12.4. The molecule has 0 aromatic heterocycles. The highest BCUT2D eigenvalue weighted by molar-refractivity contribution is 7.89. The SMILES string of the molecule is COc1cc(S(=O)(=O)NC2CCCC2CN)ccc1[N+](=O)[O-].Cl. The van der Waals surface area contributed by atoms with Gasteiger partial charge in [0.1, 0.15) is 0 Å². The average Bonchev–Trinajstić information content (AvgIpc) is 2.92. The van der Waals surface area contributed by atoms with Gasteiger partial charge in [0.05, 0.1) is 16.9 Å². The zero-order valence-corrected chi connectivity index (χ0v) is 14.2. The number of hydrogen-bond acceptors (Lipinski definition) is 6. The lowest BCUT2D eigenvalue weighted by Crippen LogP contribution is -2.39. The van der Waals surface area contributed by atoms with Crippen molar-refractivity contribution in [2.75, 3.05) is 13.7 Å². The molecule has 0 heterocycles. The molecule has 3 N–H and O–H groups in total. The van der Waals surface area contributed by atoms with Crippen LogP contribution in [0.2, 0.25) is 0 Å². The zero-order chi connectivity index (χ0) is 16.3. The predicted octanol–water partition coefficient (Wildman–Crippen LogP) is 1.43. The largest absolute Gasteiger partial charge is 0.490 e. The quantitative estimate of drug-likeness (QED) is 0.580. The van der Waals surface area contributed by atoms with Gasteiger partial charge < -0.3 is 10.5 Å². The topological polar surface area (TPSA) is 125 Å². The molecule has 2 rings (SSSR count). The van der Waals surface area contributed by atoms with Crippen LogP contribution in [0.25, 0.3) is 0 Å². The molecule has 8 nitrogen and oxygen atoms in total. The smallest absolute Gasteiger partial charge is 0.310 e. The van der Waals surface area contributed by atoms with Crippen molar-refractivity contribution in [1.29, 1.82) is 0 Å². The Hall–Kier alpha value is -1.42. The van der Waals surface area contributed by atoms with Gasteiger partial charge in [0.25, 0.3) is 0 Å². The number of nitrogens with one attached hydrogen (secondary N) is 1. The van der Waals surface area contributed by atoms with Crippen LogP contribution >= 0.6 is 12.4 Å². The molecule has 130 valence electrons. The summed E-state index contributed by atoms with van der Waals surface area (Å²) in [7, 11) is -2.51. The van der Waals surface area contributed by atoms with Crippen LogP contribution in [-0.2, 0) is 10.0 Å². The minimum Gasteiger partial charge on any atom is -0.490 e. The van der Waals surface area contributed by atoms with Crippen LogP contribution in [0, 0.1) is 16.0 Å². The highest BCUT2D eigenvalue weighted by Gasteiger charge is 2.31. The van der Waals surface area contributed by atoms with E-state index in [1.807, 2.05) is 0 Å². The molecule has 23 heavy (non-hydrogen) atoms. The van der Waals surface area contributed by atoms with Crippen molar-refractivity contribution in [3.05, 3.63) is 28.3 Å². The van der Waals surface area contributed by atoms with Crippen LogP contribution in [0.5, 0.6) is 5.75 Å². The first-order valence-corrected chi connectivity index (χ1v) is 8.42. The van der Waals surface area contributed by atoms with Crippen molar-refractivity contribution in [2.24, 2.45) is 11.7 Å². The van der Waals surface area contributed by atoms with E-state index in [2.05, 4.69) is 4.72 Å². The van der Waals surface area contributed by atoms with Gasteiger partial charge in [0, 0.05) is 18.2 Å². The van der Waals surface area contributed by atoms with Gasteiger partial charge in [-0.25, -0.2) is 13.1 Å². The van der Waals surface area contributed by atoms with Gasteiger partial charge >= 0.3 is 5.69 Å². The van der Waals surface area contributed by atoms with Crippen molar-refractivity contribution >= 4 is 28.1 Å². The van der Waals surface area contributed by atoms with Gasteiger partial charge in [-0.2, -0.15) is 0 Å². The third kappa shape index (κ3) is 4.31. The second kappa shape index (κ2) is 7.91. The van der Waals surface area contributed by atoms with Crippen LogP contribution in [0.1, 0.15) is 19.3 Å². The summed E-state index contributed by atoms with van der Waals surface area (Å²) in [4.78, 5) is 10.2. The maximum Gasteiger partial charge on any atom is 0.310 e. The number of sulfonamides is 1. The van der Waals surface area contributed by atoms with E-state index in [-0.39, 0.29) is 40.7 Å². The molecule has 10 heteroatoms. The molecule has 1 saturated carbocycles. The molecule has 1 aliphatic carbocycles. The number of ether oxygens (including phenoxy) is 1. The molecule has 1 aromatic rings. The third-order valence-electron chi connectivity index (χ3n) is 3.93. The van der Waals surface area contributed by atoms with Gasteiger partial charge in [-0.05, 0) is 31.4 Å². The summed E-state index contributed by atoms with van der Waals surface area (Å²) in [5.41, 5.74) is 5.37. The van der Waals surface area contributed by atoms with E-state index in [1.54, 1.807) is 0 Å². The summed E-state index contributed by atoms with van der Waals surface area (Å²) in [5, 5.41) is 10.8. The maximum atomic E-state index is 12.4. The van der Waals surface area contributed by atoms with E-state index in [0.29, 0.717) is 6.54 Å². The highest BCUT2D eigenvalue weighted by atomic mass is 35.5. The fraction of sp³-hybridized carbons (Fsp3) is 0.538. The Labute approximate surface area is 141 Å². The monoisotopic (exact) mass is 365 g/mol. The number of rotatable bonds is 6. The Bertz CT molecular complexity index is 668. The Kier molecular flexibility index (Phi) is 6.75. The van der Waals surface area contributed by atoms with Gasteiger partial charge in [-0.1, -0.05) is 6.42 Å². The lowest BCUT2D eigenvalue weighted by molar-refractivity contribution is -0.385. The number of nitrogens with zero attached hydrogens (tertiary/aromatic N) is 1. The van der Waals surface area contributed by atoms with Crippen LogP contribution in [-0.4, -0.2) is 33.0 Å². The lowest BCUT2D eigenvalue weighted by Gasteiger charge is -2.19. The van der Waals surface area contributed by atoms with E-state index in [9.17, 15) is 18.5 Å². The molecule has 2 atom stereocenters. The molecular formula is C13H20ClN3O5S. The van der Waals surface area contributed by atoms with Crippen LogP contribution in [0.3, 0.4) is 0 Å². The molecule has 0 amide bonds. The number of halogens is 1. The van der Waals surface area contributed by atoms with E-state index < -0.39 is 14.9 Å². The molecule has 0 spiro atoms. The van der Waals surface area contributed by atoms with Crippen LogP contribution < -0.4 is 15.2 Å². The standard InChI is InChI=1S/C13H19N3O5S.ClH/c1-21-13-7-10(5-6-12(13)16(17)18)22(19,20)15-11-4-2-3-9(11)8-14;/h5-7,9,11,15H,2-4,8,14H2,1H3;1H. The second-order valence-corrected chi connectivity index (χ2v) is 6.96. The van der Waals surface area contributed by atoms with Crippen molar-refractivity contribution in [3.63, 3.8) is 0 Å². The van der Waals surface area contributed by atoms with Crippen LogP contribution in [0.4, 0.5) is 5.69 Å². The van der Waals surface area contributed by atoms with E-state index in [4.69, 9.17) is 10.5 Å². The number of nitro benzene ring substituents is 1. The zero-order valence-electron chi connectivity index (χ0n) is 12.6. The van der Waals surface area contributed by atoms with Gasteiger partial charge in [-0.3, -0.25) is 10.1 Å². The van der Waals surface area contributed by atoms with Crippen molar-refractivity contribution in [3.8, 4) is 5.75 Å². The fourth-order valence-electron chi connectivity index (χ4n) is 2.72. The molecule has 2 unspecified atom stereocenters. The predicted molar refractivity (Wildman–Crippen MR) is 87.4 cm³/mol. The number of benzene rings is 1. The first-order valence-electron chi connectivity index (χ1n) is 6.94. The molecular weight excluding hydrogens is 346 g/mol. The number of methoxy groups -OCH3 is 1. The summed E-state index contributed by atoms with van der Waals surface area (Å²) in [6.45, 7) is 0.427. The molecule has 0 bridgehead atoms. The van der Waals surface area contributed by atoms with Crippen molar-refractivity contribution in [1.82, 2.24) is 4.72 Å². The molecule has 0 saturated heterocycles. The number of nitrogens with two attached hydrogens (primary N) is 1. The highest BCUT2D eigenvalue weighted by Crippen LogP contribution is 2.31. The Morgan fingerprint density at radius 1 is 1.43 bits per heavy atom. The normalized spacial score (nSPS) is 20.8. The van der Waals surface area contributed by atoms with E-state index >= 15 is 0 Å². The van der Waals surface area contributed by atoms with Crippen molar-refractivity contribution in [2.45, 2.75) is 30.2 Å². The van der Waals surface area contributed by atoms with Gasteiger partial charge in [0.2, 0.25) is 10.0 Å². The first kappa shape index (κ1) is 19.6. The van der Waals surface area contributed by atoms with Crippen LogP contribution in [0.15, 0.2) is 23.1 Å². The van der Waals surface area contributed by atoms with E-state index in [1.165, 1.54) is 13.2 Å². The summed E-state index contributed by atoms with van der Waals surface area (Å²) in [5.74, 6) is 0.0318. The number of hydrogen-bond donors (Lipinski definition) is 2. The van der Waals surface area contributed by atoms with E-state index in [0.717, 1.165) is 31.4 Å². The Morgan fingerprint density at radius 2 is 2.13 bits per heavy atom. The number of nitro groups is 1. The molecule has 0 radical (unpaired) electrons. The first-order chi connectivity index (χ1) is 10.4. The summed E-state index contributed by atoms with van der Waals surface area (Å²) in [6.07, 6.45) is 2.57. The Balaban J connectivity index is 0.00000264. The summed E-state index contributed by atoms with van der Waals surface area (Å²) in [6, 6.07) is 3.29. The minimum atomic E-state index is -3.77. The lowest BCUT2D eigenvalue weighted by atomic mass is 10.1. The average molecular weight is 366 g/mol. The van der Waals surface area contributed by atoms with Gasteiger partial charge in [0.15, 0.2) is 5.75 Å². The summed E-state index contributed by atoms with van der Waals surface area (Å²) < 4.78 is 32.4.